The van der Waals surface area contributed by atoms with Crippen molar-refractivity contribution in [2.75, 3.05) is 25.0 Å². The van der Waals surface area contributed by atoms with E-state index in [4.69, 9.17) is 17.3 Å². The maximum atomic E-state index is 11.9. The van der Waals surface area contributed by atoms with Crippen LogP contribution in [0.3, 0.4) is 0 Å². The summed E-state index contributed by atoms with van der Waals surface area (Å²) in [6, 6.07) is 3.79. The molecule has 2 rings (SSSR count). The number of pyridine rings is 1. The fourth-order valence-electron chi connectivity index (χ4n) is 2.22. The van der Waals surface area contributed by atoms with Crippen molar-refractivity contribution >= 4 is 23.2 Å². The first-order valence-corrected chi connectivity index (χ1v) is 6.43. The maximum Gasteiger partial charge on any atom is 0.238 e. The Morgan fingerprint density at radius 1 is 1.67 bits per heavy atom. The Bertz CT molecular complexity index is 426. The number of halogens is 1. The van der Waals surface area contributed by atoms with Crippen molar-refractivity contribution in [3.05, 3.63) is 23.5 Å². The van der Waals surface area contributed by atoms with Gasteiger partial charge in [0.25, 0.3) is 0 Å². The molecule has 5 nitrogen and oxygen atoms in total. The molecule has 0 bridgehead atoms. The van der Waals surface area contributed by atoms with Crippen molar-refractivity contribution in [3.63, 3.8) is 0 Å². The number of hydrogen-bond acceptors (Lipinski definition) is 4. The van der Waals surface area contributed by atoms with Crippen LogP contribution in [0.2, 0.25) is 5.15 Å². The van der Waals surface area contributed by atoms with E-state index in [0.29, 0.717) is 30.0 Å². The Balaban J connectivity index is 1.91. The monoisotopic (exact) mass is 268 g/mol. The molecule has 0 radical (unpaired) electrons. The molecule has 18 heavy (non-hydrogen) atoms. The molecule has 1 fully saturated rings. The normalized spacial score (nSPS) is 20.0. The molecule has 1 atom stereocenters. The van der Waals surface area contributed by atoms with Gasteiger partial charge in [-0.1, -0.05) is 11.6 Å². The van der Waals surface area contributed by atoms with Gasteiger partial charge in [0, 0.05) is 18.8 Å². The molecule has 1 unspecified atom stereocenters. The van der Waals surface area contributed by atoms with E-state index in [9.17, 15) is 4.79 Å². The molecule has 1 aromatic rings. The first-order chi connectivity index (χ1) is 8.70. The van der Waals surface area contributed by atoms with E-state index in [1.807, 2.05) is 0 Å². The summed E-state index contributed by atoms with van der Waals surface area (Å²) in [7, 11) is 0. The zero-order valence-corrected chi connectivity index (χ0v) is 10.9. The number of carbonyl (C=O) groups is 1. The Hall–Kier alpha value is -1.17. The number of hydrogen-bond donors (Lipinski definition) is 2. The highest BCUT2D eigenvalue weighted by Crippen LogP contribution is 2.19. The van der Waals surface area contributed by atoms with Crippen LogP contribution >= 0.6 is 11.6 Å². The molecular weight excluding hydrogens is 252 g/mol. The second kappa shape index (κ2) is 6.13. The van der Waals surface area contributed by atoms with Crippen LogP contribution in [0, 0.1) is 0 Å². The van der Waals surface area contributed by atoms with Crippen molar-refractivity contribution in [2.24, 2.45) is 5.73 Å². The highest BCUT2D eigenvalue weighted by Gasteiger charge is 2.24. The lowest BCUT2D eigenvalue weighted by atomic mass is 10.2. The summed E-state index contributed by atoms with van der Waals surface area (Å²) in [5.41, 5.74) is 6.22. The number of likely N-dealkylation sites (tertiary alicyclic amines) is 1. The van der Waals surface area contributed by atoms with E-state index >= 15 is 0 Å². The fourth-order valence-corrected chi connectivity index (χ4v) is 2.39. The van der Waals surface area contributed by atoms with Crippen LogP contribution < -0.4 is 11.1 Å². The number of anilines is 1. The third-order valence-electron chi connectivity index (χ3n) is 3.15. The summed E-state index contributed by atoms with van der Waals surface area (Å²) >= 11 is 5.88. The smallest absolute Gasteiger partial charge is 0.238 e. The number of amides is 1. The first-order valence-electron chi connectivity index (χ1n) is 6.05. The van der Waals surface area contributed by atoms with E-state index in [2.05, 4.69) is 15.2 Å². The minimum Gasteiger partial charge on any atom is -0.329 e. The molecule has 1 aliphatic rings. The van der Waals surface area contributed by atoms with Crippen LogP contribution in [0.4, 0.5) is 5.69 Å². The molecule has 1 aromatic heterocycles. The van der Waals surface area contributed by atoms with Gasteiger partial charge in [0.1, 0.15) is 0 Å². The molecule has 3 N–H and O–H groups in total. The predicted octanol–water partition coefficient (Wildman–Crippen LogP) is 1.10. The zero-order valence-electron chi connectivity index (χ0n) is 10.1. The summed E-state index contributed by atoms with van der Waals surface area (Å²) in [5.74, 6) is -0.0785. The van der Waals surface area contributed by atoms with Gasteiger partial charge in [-0.3, -0.25) is 9.69 Å². The number of nitrogens with one attached hydrogen (secondary N) is 1. The number of nitrogens with zero attached hydrogens (tertiary/aromatic N) is 2. The summed E-state index contributed by atoms with van der Waals surface area (Å²) in [6.45, 7) is 1.88. The Labute approximate surface area is 111 Å². The third kappa shape index (κ3) is 3.19. The van der Waals surface area contributed by atoms with Gasteiger partial charge in [-0.2, -0.15) is 0 Å². The highest BCUT2D eigenvalue weighted by molar-refractivity contribution is 6.32. The molecule has 0 aliphatic carbocycles. The van der Waals surface area contributed by atoms with Crippen LogP contribution in [0.1, 0.15) is 12.8 Å². The van der Waals surface area contributed by atoms with Gasteiger partial charge in [0.05, 0.1) is 12.2 Å². The number of rotatable bonds is 4. The van der Waals surface area contributed by atoms with Crippen molar-refractivity contribution in [1.29, 1.82) is 0 Å². The lowest BCUT2D eigenvalue weighted by Gasteiger charge is -2.22. The number of aromatic nitrogens is 1. The summed E-state index contributed by atoms with van der Waals surface area (Å²) < 4.78 is 0. The van der Waals surface area contributed by atoms with Gasteiger partial charge in [-0.25, -0.2) is 4.98 Å². The molecule has 0 aromatic carbocycles. The van der Waals surface area contributed by atoms with Crippen LogP contribution in [-0.2, 0) is 4.79 Å². The average Bonchev–Trinajstić information content (AvgIpc) is 2.79. The highest BCUT2D eigenvalue weighted by atomic mass is 35.5. The van der Waals surface area contributed by atoms with Crippen LogP contribution in [0.15, 0.2) is 18.3 Å². The fraction of sp³-hybridized carbons (Fsp3) is 0.500. The molecular formula is C12H17ClN4O. The molecule has 1 amide bonds. The van der Waals surface area contributed by atoms with Gasteiger partial charge >= 0.3 is 0 Å². The maximum absolute atomic E-state index is 11.9. The molecule has 98 valence electrons. The second-order valence-electron chi connectivity index (χ2n) is 4.39. The second-order valence-corrected chi connectivity index (χ2v) is 4.75. The van der Waals surface area contributed by atoms with Crippen LogP contribution in [0.5, 0.6) is 0 Å². The number of carbonyl (C=O) groups excluding carboxylic acids is 1. The van der Waals surface area contributed by atoms with E-state index in [-0.39, 0.29) is 5.91 Å². The minimum atomic E-state index is -0.0785. The largest absolute Gasteiger partial charge is 0.329 e. The SMILES string of the molecule is NCC1CCCN1CC(=O)Nc1cccnc1Cl. The molecule has 2 heterocycles. The summed E-state index contributed by atoms with van der Waals surface area (Å²) in [4.78, 5) is 17.9. The van der Waals surface area contributed by atoms with Gasteiger partial charge in [-0.05, 0) is 31.5 Å². The lowest BCUT2D eigenvalue weighted by Crippen LogP contribution is -2.40. The summed E-state index contributed by atoms with van der Waals surface area (Å²) in [5, 5.41) is 3.07. The van der Waals surface area contributed by atoms with Crippen molar-refractivity contribution in [1.82, 2.24) is 9.88 Å². The number of nitrogens with two attached hydrogens (primary N) is 1. The van der Waals surface area contributed by atoms with Crippen molar-refractivity contribution in [2.45, 2.75) is 18.9 Å². The van der Waals surface area contributed by atoms with Gasteiger partial charge in [0.2, 0.25) is 5.91 Å². The Morgan fingerprint density at radius 2 is 2.50 bits per heavy atom. The first kappa shape index (κ1) is 13.3. The quantitative estimate of drug-likeness (QED) is 0.802. The van der Waals surface area contributed by atoms with E-state index < -0.39 is 0 Å². The van der Waals surface area contributed by atoms with Crippen molar-refractivity contribution < 1.29 is 4.79 Å². The standard InChI is InChI=1S/C12H17ClN4O/c13-12-10(4-1-5-15-12)16-11(18)8-17-6-2-3-9(17)7-14/h1,4-5,9H,2-3,6-8,14H2,(H,16,18). The molecule has 6 heteroatoms. The predicted molar refractivity (Wildman–Crippen MR) is 71.5 cm³/mol. The van der Waals surface area contributed by atoms with Crippen LogP contribution in [0.25, 0.3) is 0 Å². The Kier molecular flexibility index (Phi) is 4.52. The Morgan fingerprint density at radius 3 is 3.22 bits per heavy atom. The molecule has 0 saturated carbocycles. The third-order valence-corrected chi connectivity index (χ3v) is 3.45. The molecule has 1 aliphatic heterocycles. The minimum absolute atomic E-state index is 0.0785. The van der Waals surface area contributed by atoms with Gasteiger partial charge in [0.15, 0.2) is 5.15 Å². The van der Waals surface area contributed by atoms with E-state index in [1.165, 1.54) is 0 Å². The van der Waals surface area contributed by atoms with E-state index in [0.717, 1.165) is 19.4 Å². The molecule has 0 spiro atoms. The summed E-state index contributed by atoms with van der Waals surface area (Å²) in [6.07, 6.45) is 3.75. The van der Waals surface area contributed by atoms with E-state index in [1.54, 1.807) is 18.3 Å². The van der Waals surface area contributed by atoms with Gasteiger partial charge in [-0.15, -0.1) is 0 Å². The lowest BCUT2D eigenvalue weighted by molar-refractivity contribution is -0.117. The average molecular weight is 269 g/mol. The topological polar surface area (TPSA) is 71.2 Å². The van der Waals surface area contributed by atoms with Crippen LogP contribution in [-0.4, -0.2) is 41.5 Å². The zero-order chi connectivity index (χ0) is 13.0. The van der Waals surface area contributed by atoms with Crippen molar-refractivity contribution in [3.8, 4) is 0 Å². The van der Waals surface area contributed by atoms with Gasteiger partial charge < -0.3 is 11.1 Å². The molecule has 1 saturated heterocycles.